The molecule has 0 bridgehead atoms. The molecule has 4 N–H and O–H groups in total. The number of rotatable bonds is 5. The number of primary amides is 1. The minimum absolute atomic E-state index is 0.114. The molecule has 0 spiro atoms. The number of aryl methyl sites for hydroxylation is 1. The Morgan fingerprint density at radius 3 is 2.87 bits per heavy atom. The summed E-state index contributed by atoms with van der Waals surface area (Å²) in [6, 6.07) is 6.92. The Morgan fingerprint density at radius 1 is 1.53 bits per heavy atom. The minimum Gasteiger partial charge on any atom is -0.491 e. The van der Waals surface area contributed by atoms with Gasteiger partial charge < -0.3 is 16.2 Å². The van der Waals surface area contributed by atoms with Crippen molar-refractivity contribution in [3.8, 4) is 5.75 Å². The smallest absolute Gasteiger partial charge is 0.237 e. The molecule has 82 valence electrons. The molecule has 0 aromatic heterocycles. The number of ether oxygens (including phenoxy) is 1. The minimum atomic E-state index is -0.754. The Balaban J connectivity index is 2.53. The van der Waals surface area contributed by atoms with Crippen LogP contribution < -0.4 is 16.2 Å². The molecule has 4 nitrogen and oxygen atoms in total. The van der Waals surface area contributed by atoms with Crippen LogP contribution in [0, 0.1) is 0 Å². The Morgan fingerprint density at radius 2 is 2.27 bits per heavy atom. The molecule has 0 fully saturated rings. The van der Waals surface area contributed by atoms with Crippen LogP contribution in [0.25, 0.3) is 0 Å². The van der Waals surface area contributed by atoms with Gasteiger partial charge in [-0.2, -0.15) is 0 Å². The second-order valence-corrected chi connectivity index (χ2v) is 3.32. The summed E-state index contributed by atoms with van der Waals surface area (Å²) in [6.07, 6.45) is 0.944. The summed E-state index contributed by atoms with van der Waals surface area (Å²) >= 11 is 0. The molecule has 15 heavy (non-hydrogen) atoms. The summed E-state index contributed by atoms with van der Waals surface area (Å²) in [5.41, 5.74) is 11.6. The van der Waals surface area contributed by atoms with Gasteiger partial charge in [0.1, 0.15) is 18.4 Å². The lowest BCUT2D eigenvalue weighted by Gasteiger charge is -2.10. The molecule has 0 aliphatic heterocycles. The van der Waals surface area contributed by atoms with Crippen LogP contribution >= 0.6 is 0 Å². The summed E-state index contributed by atoms with van der Waals surface area (Å²) in [6.45, 7) is 2.18. The average Bonchev–Trinajstić information content (AvgIpc) is 2.26. The van der Waals surface area contributed by atoms with Crippen molar-refractivity contribution in [2.45, 2.75) is 19.4 Å². The molecular weight excluding hydrogens is 192 g/mol. The fourth-order valence-corrected chi connectivity index (χ4v) is 1.12. The fraction of sp³-hybridized carbons (Fsp3) is 0.364. The predicted octanol–water partition coefficient (Wildman–Crippen LogP) is 0.440. The highest BCUT2D eigenvalue weighted by molar-refractivity contribution is 5.79. The highest BCUT2D eigenvalue weighted by Crippen LogP contribution is 2.13. The van der Waals surface area contributed by atoms with E-state index in [-0.39, 0.29) is 6.61 Å². The largest absolute Gasteiger partial charge is 0.491 e. The van der Waals surface area contributed by atoms with Crippen LogP contribution in [0.3, 0.4) is 0 Å². The highest BCUT2D eigenvalue weighted by Gasteiger charge is 2.09. The number of hydrogen-bond acceptors (Lipinski definition) is 3. The first-order valence-electron chi connectivity index (χ1n) is 4.90. The molecule has 0 aliphatic rings. The maximum atomic E-state index is 10.7. The van der Waals surface area contributed by atoms with E-state index in [0.29, 0.717) is 5.75 Å². The Bertz CT molecular complexity index is 339. The van der Waals surface area contributed by atoms with Crippen LogP contribution in [0.1, 0.15) is 12.5 Å². The van der Waals surface area contributed by atoms with Crippen LogP contribution in [0.5, 0.6) is 5.75 Å². The van der Waals surface area contributed by atoms with Gasteiger partial charge in [0.25, 0.3) is 0 Å². The fourth-order valence-electron chi connectivity index (χ4n) is 1.12. The molecule has 0 aliphatic carbocycles. The predicted molar refractivity (Wildman–Crippen MR) is 58.5 cm³/mol. The van der Waals surface area contributed by atoms with E-state index in [2.05, 4.69) is 6.92 Å². The molecule has 0 saturated heterocycles. The lowest BCUT2D eigenvalue weighted by Crippen LogP contribution is -2.41. The number of carbonyl (C=O) groups excluding carboxylic acids is 1. The average molecular weight is 208 g/mol. The molecule has 1 rings (SSSR count). The SMILES string of the molecule is CCc1cccc(OCC(N)C(N)=O)c1. The van der Waals surface area contributed by atoms with E-state index in [1.54, 1.807) is 0 Å². The van der Waals surface area contributed by atoms with Gasteiger partial charge in [-0.05, 0) is 24.1 Å². The highest BCUT2D eigenvalue weighted by atomic mass is 16.5. The van der Waals surface area contributed by atoms with Crippen LogP contribution in [0.4, 0.5) is 0 Å². The van der Waals surface area contributed by atoms with Crippen molar-refractivity contribution in [1.82, 2.24) is 0 Å². The third kappa shape index (κ3) is 3.59. The topological polar surface area (TPSA) is 78.3 Å². The molecular formula is C11H16N2O2. The van der Waals surface area contributed by atoms with Gasteiger partial charge in [0.05, 0.1) is 0 Å². The summed E-state index contributed by atoms with van der Waals surface area (Å²) < 4.78 is 5.35. The number of benzene rings is 1. The lowest BCUT2D eigenvalue weighted by molar-refractivity contribution is -0.119. The first kappa shape index (κ1) is 11.5. The molecule has 0 heterocycles. The van der Waals surface area contributed by atoms with Crippen LogP contribution in [-0.4, -0.2) is 18.6 Å². The number of carbonyl (C=O) groups is 1. The maximum Gasteiger partial charge on any atom is 0.237 e. The van der Waals surface area contributed by atoms with Gasteiger partial charge in [-0.15, -0.1) is 0 Å². The molecule has 4 heteroatoms. The lowest BCUT2D eigenvalue weighted by atomic mass is 10.2. The van der Waals surface area contributed by atoms with Crippen molar-refractivity contribution in [2.75, 3.05) is 6.61 Å². The van der Waals surface area contributed by atoms with E-state index < -0.39 is 11.9 Å². The van der Waals surface area contributed by atoms with E-state index in [0.717, 1.165) is 6.42 Å². The quantitative estimate of drug-likeness (QED) is 0.737. The van der Waals surface area contributed by atoms with Gasteiger partial charge in [-0.1, -0.05) is 19.1 Å². The first-order chi connectivity index (χ1) is 7.13. The van der Waals surface area contributed by atoms with Crippen LogP contribution in [-0.2, 0) is 11.2 Å². The van der Waals surface area contributed by atoms with Crippen molar-refractivity contribution in [1.29, 1.82) is 0 Å². The molecule has 0 saturated carbocycles. The zero-order valence-corrected chi connectivity index (χ0v) is 8.77. The number of hydrogen-bond donors (Lipinski definition) is 2. The number of nitrogens with two attached hydrogens (primary N) is 2. The van der Waals surface area contributed by atoms with E-state index in [1.807, 2.05) is 24.3 Å². The first-order valence-corrected chi connectivity index (χ1v) is 4.90. The molecule has 1 atom stereocenters. The summed E-state index contributed by atoms with van der Waals surface area (Å²) in [5.74, 6) is 0.160. The Labute approximate surface area is 89.2 Å². The molecule has 1 aromatic rings. The van der Waals surface area contributed by atoms with Crippen molar-refractivity contribution in [3.05, 3.63) is 29.8 Å². The second kappa shape index (κ2) is 5.36. The van der Waals surface area contributed by atoms with Crippen molar-refractivity contribution in [3.63, 3.8) is 0 Å². The molecule has 1 amide bonds. The van der Waals surface area contributed by atoms with E-state index in [4.69, 9.17) is 16.2 Å². The summed E-state index contributed by atoms with van der Waals surface area (Å²) in [5, 5.41) is 0. The summed E-state index contributed by atoms with van der Waals surface area (Å²) in [7, 11) is 0. The normalized spacial score (nSPS) is 12.1. The molecule has 1 aromatic carbocycles. The van der Waals surface area contributed by atoms with Gasteiger partial charge >= 0.3 is 0 Å². The van der Waals surface area contributed by atoms with Gasteiger partial charge in [-0.3, -0.25) is 4.79 Å². The Hall–Kier alpha value is -1.55. The standard InChI is InChI=1S/C11H16N2O2/c1-2-8-4-3-5-9(6-8)15-7-10(12)11(13)14/h3-6,10H,2,7,12H2,1H3,(H2,13,14). The van der Waals surface area contributed by atoms with Gasteiger partial charge in [0.2, 0.25) is 5.91 Å². The second-order valence-electron chi connectivity index (χ2n) is 3.32. The Kier molecular flexibility index (Phi) is 4.12. The van der Waals surface area contributed by atoms with Gasteiger partial charge in [-0.25, -0.2) is 0 Å². The van der Waals surface area contributed by atoms with Gasteiger partial charge in [0.15, 0.2) is 0 Å². The van der Waals surface area contributed by atoms with Crippen molar-refractivity contribution >= 4 is 5.91 Å². The van der Waals surface area contributed by atoms with Crippen molar-refractivity contribution < 1.29 is 9.53 Å². The number of amides is 1. The monoisotopic (exact) mass is 208 g/mol. The van der Waals surface area contributed by atoms with E-state index in [9.17, 15) is 4.79 Å². The van der Waals surface area contributed by atoms with Crippen molar-refractivity contribution in [2.24, 2.45) is 11.5 Å². The van der Waals surface area contributed by atoms with E-state index >= 15 is 0 Å². The molecule has 1 unspecified atom stereocenters. The van der Waals surface area contributed by atoms with Gasteiger partial charge in [0, 0.05) is 0 Å². The molecule has 0 radical (unpaired) electrons. The maximum absolute atomic E-state index is 10.7. The zero-order chi connectivity index (χ0) is 11.3. The van der Waals surface area contributed by atoms with E-state index in [1.165, 1.54) is 5.56 Å². The van der Waals surface area contributed by atoms with Crippen LogP contribution in [0.2, 0.25) is 0 Å². The third-order valence-corrected chi connectivity index (χ3v) is 2.10. The third-order valence-electron chi connectivity index (χ3n) is 2.10. The zero-order valence-electron chi connectivity index (χ0n) is 8.77. The summed E-state index contributed by atoms with van der Waals surface area (Å²) in [4.78, 5) is 10.7. The van der Waals surface area contributed by atoms with Crippen LogP contribution in [0.15, 0.2) is 24.3 Å².